The van der Waals surface area contributed by atoms with Crippen molar-refractivity contribution in [2.75, 3.05) is 5.43 Å². The summed E-state index contributed by atoms with van der Waals surface area (Å²) in [5, 5.41) is 32.4. The molecule has 0 fully saturated rings. The molecule has 1 N–H and O–H groups in total. The van der Waals surface area contributed by atoms with E-state index in [9.17, 15) is 0 Å². The first-order chi connectivity index (χ1) is 9.22. The van der Waals surface area contributed by atoms with Crippen LogP contribution < -0.4 is 5.43 Å². The molecule has 0 aliphatic heterocycles. The normalized spacial score (nSPS) is 9.21. The van der Waals surface area contributed by atoms with Crippen LogP contribution in [0.3, 0.4) is 0 Å². The first-order valence-electron chi connectivity index (χ1n) is 5.21. The molecule has 92 valence electrons. The topological polar surface area (TPSA) is 116 Å². The molecule has 0 spiro atoms. The zero-order chi connectivity index (χ0) is 13.7. The molecule has 1 heterocycles. The molecule has 0 saturated heterocycles. The van der Waals surface area contributed by atoms with Crippen molar-refractivity contribution in [3.8, 4) is 23.5 Å². The van der Waals surface area contributed by atoms with Crippen LogP contribution in [-0.4, -0.2) is 25.9 Å². The van der Waals surface area contributed by atoms with Crippen molar-refractivity contribution in [3.63, 3.8) is 0 Å². The first kappa shape index (κ1) is 12.2. The van der Waals surface area contributed by atoms with Crippen LogP contribution in [0.15, 0.2) is 29.4 Å². The average Bonchev–Trinajstić information content (AvgIpc) is 2.87. The second-order valence-corrected chi connectivity index (χ2v) is 3.48. The third-order valence-corrected chi connectivity index (χ3v) is 2.16. The summed E-state index contributed by atoms with van der Waals surface area (Å²) in [5.41, 5.74) is 3.83. The summed E-state index contributed by atoms with van der Waals surface area (Å²) in [6, 6.07) is 10.4. The Balaban J connectivity index is 2.14. The highest BCUT2D eigenvalue weighted by molar-refractivity contribution is 6.10. The lowest BCUT2D eigenvalue weighted by molar-refractivity contribution is 0.630. The van der Waals surface area contributed by atoms with Crippen molar-refractivity contribution in [1.82, 2.24) is 20.2 Å². The van der Waals surface area contributed by atoms with E-state index in [1.165, 1.54) is 4.80 Å². The van der Waals surface area contributed by atoms with Crippen LogP contribution in [0, 0.1) is 22.7 Å². The van der Waals surface area contributed by atoms with Crippen molar-refractivity contribution in [2.24, 2.45) is 12.1 Å². The highest BCUT2D eigenvalue weighted by Gasteiger charge is 2.03. The van der Waals surface area contributed by atoms with E-state index in [0.29, 0.717) is 11.5 Å². The van der Waals surface area contributed by atoms with Gasteiger partial charge in [0.05, 0.1) is 12.7 Å². The molecule has 19 heavy (non-hydrogen) atoms. The number of nitriles is 2. The number of nitrogens with zero attached hydrogens (tertiary/aromatic N) is 7. The Bertz CT molecular complexity index is 667. The highest BCUT2D eigenvalue weighted by Crippen LogP contribution is 2.16. The summed E-state index contributed by atoms with van der Waals surface area (Å²) in [6.45, 7) is 0. The summed E-state index contributed by atoms with van der Waals surface area (Å²) in [5.74, 6) is 0.521. The molecule has 0 saturated carbocycles. The van der Waals surface area contributed by atoms with Gasteiger partial charge in [-0.05, 0) is 29.5 Å². The molecule has 2 rings (SSSR count). The number of tetrazole rings is 1. The van der Waals surface area contributed by atoms with Crippen molar-refractivity contribution in [1.29, 1.82) is 10.5 Å². The number of hydrogen-bond donors (Lipinski definition) is 1. The monoisotopic (exact) mass is 252 g/mol. The molecule has 2 aromatic rings. The van der Waals surface area contributed by atoms with Crippen LogP contribution in [0.25, 0.3) is 11.4 Å². The molecule has 8 heteroatoms. The SMILES string of the molecule is Cn1nnc(-c2ccc(NN=C(C#N)C#N)cc2)n1. The summed E-state index contributed by atoms with van der Waals surface area (Å²) in [7, 11) is 1.69. The smallest absolute Gasteiger partial charge is 0.237 e. The summed E-state index contributed by atoms with van der Waals surface area (Å²) >= 11 is 0. The lowest BCUT2D eigenvalue weighted by Gasteiger charge is -2.00. The number of aromatic nitrogens is 4. The van der Waals surface area contributed by atoms with Crippen LogP contribution in [0.5, 0.6) is 0 Å². The van der Waals surface area contributed by atoms with Crippen molar-refractivity contribution >= 4 is 11.4 Å². The van der Waals surface area contributed by atoms with Crippen LogP contribution in [0.4, 0.5) is 5.69 Å². The van der Waals surface area contributed by atoms with Gasteiger partial charge in [0, 0.05) is 5.56 Å². The Morgan fingerprint density at radius 2 is 1.95 bits per heavy atom. The van der Waals surface area contributed by atoms with E-state index in [4.69, 9.17) is 10.5 Å². The number of benzene rings is 1. The van der Waals surface area contributed by atoms with Crippen LogP contribution >= 0.6 is 0 Å². The van der Waals surface area contributed by atoms with Crippen molar-refractivity contribution in [2.45, 2.75) is 0 Å². The molecule has 0 unspecified atom stereocenters. The molecule has 0 atom stereocenters. The van der Waals surface area contributed by atoms with Gasteiger partial charge in [0.25, 0.3) is 0 Å². The van der Waals surface area contributed by atoms with E-state index in [1.54, 1.807) is 43.5 Å². The minimum atomic E-state index is -0.236. The van der Waals surface area contributed by atoms with Gasteiger partial charge < -0.3 is 0 Å². The lowest BCUT2D eigenvalue weighted by atomic mass is 10.2. The number of rotatable bonds is 3. The molecule has 0 aliphatic carbocycles. The van der Waals surface area contributed by atoms with Crippen LogP contribution in [0.1, 0.15) is 0 Å². The van der Waals surface area contributed by atoms with Gasteiger partial charge in [0.15, 0.2) is 0 Å². The molecule has 1 aromatic carbocycles. The molecular formula is C11H8N8. The number of nitrogens with one attached hydrogen (secondary N) is 1. The zero-order valence-corrected chi connectivity index (χ0v) is 9.94. The van der Waals surface area contributed by atoms with E-state index in [0.717, 1.165) is 5.56 Å². The fraction of sp³-hybridized carbons (Fsp3) is 0.0909. The average molecular weight is 252 g/mol. The molecule has 0 aliphatic rings. The van der Waals surface area contributed by atoms with Gasteiger partial charge in [-0.25, -0.2) is 0 Å². The molecular weight excluding hydrogens is 244 g/mol. The Kier molecular flexibility index (Phi) is 3.46. The predicted octanol–water partition coefficient (Wildman–Crippen LogP) is 0.692. The molecule has 0 amide bonds. The largest absolute Gasteiger partial charge is 0.277 e. The Morgan fingerprint density at radius 1 is 1.26 bits per heavy atom. The van der Waals surface area contributed by atoms with Crippen LogP contribution in [-0.2, 0) is 7.05 Å². The minimum Gasteiger partial charge on any atom is -0.277 e. The molecule has 1 aromatic heterocycles. The number of hydrazone groups is 1. The second kappa shape index (κ2) is 5.38. The maximum atomic E-state index is 8.53. The molecule has 8 nitrogen and oxygen atoms in total. The van der Waals surface area contributed by atoms with E-state index < -0.39 is 0 Å². The van der Waals surface area contributed by atoms with Gasteiger partial charge in [-0.3, -0.25) is 5.43 Å². The standard InChI is InChI=1S/C11H8N8/c1-19-17-11(16-18-19)8-2-4-9(5-3-8)14-15-10(6-12)7-13/h2-5,14H,1H3. The Morgan fingerprint density at radius 3 is 2.47 bits per heavy atom. The molecule has 0 bridgehead atoms. The van der Waals surface area contributed by atoms with Crippen molar-refractivity contribution in [3.05, 3.63) is 24.3 Å². The number of aryl methyl sites for hydroxylation is 1. The van der Waals surface area contributed by atoms with Gasteiger partial charge in [0.2, 0.25) is 11.5 Å². The summed E-state index contributed by atoms with van der Waals surface area (Å²) in [6.07, 6.45) is 0. The first-order valence-corrected chi connectivity index (χ1v) is 5.21. The fourth-order valence-corrected chi connectivity index (χ4v) is 1.29. The van der Waals surface area contributed by atoms with Gasteiger partial charge >= 0.3 is 0 Å². The third kappa shape index (κ3) is 2.90. The van der Waals surface area contributed by atoms with Gasteiger partial charge in [-0.1, -0.05) is 0 Å². The predicted molar refractivity (Wildman–Crippen MR) is 66.5 cm³/mol. The van der Waals surface area contributed by atoms with E-state index in [2.05, 4.69) is 25.9 Å². The summed E-state index contributed by atoms with van der Waals surface area (Å²) in [4.78, 5) is 1.37. The summed E-state index contributed by atoms with van der Waals surface area (Å²) < 4.78 is 0. The van der Waals surface area contributed by atoms with Gasteiger partial charge in [0.1, 0.15) is 12.1 Å². The number of hydrogen-bond acceptors (Lipinski definition) is 7. The second-order valence-electron chi connectivity index (χ2n) is 3.48. The van der Waals surface area contributed by atoms with E-state index in [1.807, 2.05) is 0 Å². The van der Waals surface area contributed by atoms with E-state index in [-0.39, 0.29) is 5.71 Å². The quantitative estimate of drug-likeness (QED) is 0.634. The Hall–Kier alpha value is -3.26. The zero-order valence-electron chi connectivity index (χ0n) is 9.94. The maximum Gasteiger partial charge on any atom is 0.237 e. The maximum absolute atomic E-state index is 8.53. The van der Waals surface area contributed by atoms with Crippen LogP contribution in [0.2, 0.25) is 0 Å². The minimum absolute atomic E-state index is 0.236. The number of anilines is 1. The van der Waals surface area contributed by atoms with Crippen molar-refractivity contribution < 1.29 is 0 Å². The molecule has 0 radical (unpaired) electrons. The Labute approximate surface area is 108 Å². The fourth-order valence-electron chi connectivity index (χ4n) is 1.29. The van der Waals surface area contributed by atoms with Gasteiger partial charge in [-0.15, -0.1) is 10.2 Å². The third-order valence-electron chi connectivity index (χ3n) is 2.16. The van der Waals surface area contributed by atoms with Gasteiger partial charge in [-0.2, -0.15) is 20.4 Å². The van der Waals surface area contributed by atoms with E-state index >= 15 is 0 Å². The highest BCUT2D eigenvalue weighted by atomic mass is 15.6. The lowest BCUT2D eigenvalue weighted by Crippen LogP contribution is -1.96.